The van der Waals surface area contributed by atoms with E-state index in [9.17, 15) is 9.59 Å². The normalized spacial score (nSPS) is 10.6. The molecule has 1 aromatic heterocycles. The molecule has 7 heteroatoms. The first-order valence-electron chi connectivity index (χ1n) is 9.79. The first-order chi connectivity index (χ1) is 15.2. The summed E-state index contributed by atoms with van der Waals surface area (Å²) in [5, 5.41) is 7.42. The van der Waals surface area contributed by atoms with E-state index in [0.29, 0.717) is 40.3 Å². The molecule has 0 spiro atoms. The first kappa shape index (κ1) is 20.2. The lowest BCUT2D eigenvalue weighted by Crippen LogP contribution is -2.21. The number of aromatic nitrogens is 1. The van der Waals surface area contributed by atoms with Crippen LogP contribution in [0.4, 0.5) is 5.69 Å². The lowest BCUT2D eigenvalue weighted by Gasteiger charge is -2.11. The highest BCUT2D eigenvalue weighted by molar-refractivity contribution is 6.00. The molecule has 0 aliphatic heterocycles. The average Bonchev–Trinajstić information content (AvgIpc) is 3.23. The minimum Gasteiger partial charge on any atom is -0.492 e. The Bertz CT molecular complexity index is 1220. The summed E-state index contributed by atoms with van der Waals surface area (Å²) >= 11 is 0. The number of anilines is 1. The van der Waals surface area contributed by atoms with E-state index in [4.69, 9.17) is 14.0 Å². The average molecular weight is 416 g/mol. The van der Waals surface area contributed by atoms with Crippen LogP contribution in [0.2, 0.25) is 0 Å². The fraction of sp³-hybridized carbons (Fsp3) is 0.125. The molecule has 7 nitrogen and oxygen atoms in total. The summed E-state index contributed by atoms with van der Waals surface area (Å²) in [4.78, 5) is 24.8. The van der Waals surface area contributed by atoms with E-state index in [1.54, 1.807) is 36.4 Å². The Labute approximate surface area is 178 Å². The van der Waals surface area contributed by atoms with E-state index in [0.717, 1.165) is 5.56 Å². The second-order valence-electron chi connectivity index (χ2n) is 6.66. The summed E-state index contributed by atoms with van der Waals surface area (Å²) in [5.74, 6) is 0.0402. The Kier molecular flexibility index (Phi) is 5.93. The number of esters is 1. The summed E-state index contributed by atoms with van der Waals surface area (Å²) < 4.78 is 16.1. The Morgan fingerprint density at radius 1 is 1.00 bits per heavy atom. The van der Waals surface area contributed by atoms with Crippen LogP contribution in [0.1, 0.15) is 17.3 Å². The molecular formula is C24H20N2O5. The number of nitrogens with zero attached hydrogens (tertiary/aromatic N) is 1. The zero-order chi connectivity index (χ0) is 21.6. The van der Waals surface area contributed by atoms with Gasteiger partial charge in [-0.15, -0.1) is 0 Å². The number of carbonyl (C=O) groups is 2. The van der Waals surface area contributed by atoms with Crippen molar-refractivity contribution in [1.29, 1.82) is 0 Å². The van der Waals surface area contributed by atoms with E-state index >= 15 is 0 Å². The fourth-order valence-electron chi connectivity index (χ4n) is 3.12. The van der Waals surface area contributed by atoms with Crippen molar-refractivity contribution >= 4 is 28.5 Å². The van der Waals surface area contributed by atoms with Gasteiger partial charge in [-0.3, -0.25) is 4.79 Å². The Hall–Kier alpha value is -4.13. The predicted octanol–water partition coefficient (Wildman–Crippen LogP) is 4.69. The quantitative estimate of drug-likeness (QED) is 0.440. The van der Waals surface area contributed by atoms with Crippen molar-refractivity contribution in [3.63, 3.8) is 0 Å². The highest BCUT2D eigenvalue weighted by Gasteiger charge is 2.16. The number of ether oxygens (including phenoxy) is 2. The van der Waals surface area contributed by atoms with Gasteiger partial charge in [0.1, 0.15) is 11.3 Å². The third-order valence-corrected chi connectivity index (χ3v) is 4.54. The maximum Gasteiger partial charge on any atom is 0.338 e. The maximum absolute atomic E-state index is 12.5. The van der Waals surface area contributed by atoms with Crippen molar-refractivity contribution in [1.82, 2.24) is 5.16 Å². The van der Waals surface area contributed by atoms with E-state index in [-0.39, 0.29) is 0 Å². The van der Waals surface area contributed by atoms with Crippen molar-refractivity contribution in [3.05, 3.63) is 78.4 Å². The number of fused-ring (bicyclic) bond motifs is 1. The molecule has 0 bridgehead atoms. The molecule has 0 fully saturated rings. The molecular weight excluding hydrogens is 396 g/mol. The van der Waals surface area contributed by atoms with Gasteiger partial charge in [0.25, 0.3) is 5.91 Å². The highest BCUT2D eigenvalue weighted by atomic mass is 16.5. The van der Waals surface area contributed by atoms with Crippen molar-refractivity contribution < 1.29 is 23.6 Å². The van der Waals surface area contributed by atoms with Crippen LogP contribution in [0.3, 0.4) is 0 Å². The molecule has 0 atom stereocenters. The fourth-order valence-corrected chi connectivity index (χ4v) is 3.12. The van der Waals surface area contributed by atoms with Gasteiger partial charge in [0, 0.05) is 5.56 Å². The molecule has 1 heterocycles. The molecule has 0 radical (unpaired) electrons. The Morgan fingerprint density at radius 2 is 1.77 bits per heavy atom. The van der Waals surface area contributed by atoms with Gasteiger partial charge in [0.15, 0.2) is 12.4 Å². The molecule has 1 N–H and O–H groups in total. The molecule has 156 valence electrons. The van der Waals surface area contributed by atoms with Crippen LogP contribution < -0.4 is 10.1 Å². The van der Waals surface area contributed by atoms with Crippen molar-refractivity contribution in [2.45, 2.75) is 6.92 Å². The molecule has 31 heavy (non-hydrogen) atoms. The van der Waals surface area contributed by atoms with Gasteiger partial charge in [-0.05, 0) is 37.3 Å². The number of hydrogen-bond donors (Lipinski definition) is 1. The van der Waals surface area contributed by atoms with Crippen LogP contribution >= 0.6 is 0 Å². The number of amides is 1. The molecule has 0 unspecified atom stereocenters. The molecule has 4 rings (SSSR count). The van der Waals surface area contributed by atoms with Gasteiger partial charge in [0.2, 0.25) is 0 Å². The number of nitrogens with one attached hydrogen (secondary N) is 1. The lowest BCUT2D eigenvalue weighted by atomic mass is 10.1. The summed E-state index contributed by atoms with van der Waals surface area (Å²) in [6, 6.07) is 21.5. The number of para-hydroxylation sites is 2. The largest absolute Gasteiger partial charge is 0.492 e. The Morgan fingerprint density at radius 3 is 2.58 bits per heavy atom. The standard InChI is InChI=1S/C24H20N2O5/c1-2-29-21-11-7-6-10-20(21)25-22(27)15-30-24(28)17-12-13-19-18(14-17)23(31-26-19)16-8-4-3-5-9-16/h3-14H,2,15H2,1H3,(H,25,27). The maximum atomic E-state index is 12.5. The predicted molar refractivity (Wildman–Crippen MR) is 116 cm³/mol. The molecule has 3 aromatic carbocycles. The number of hydrogen-bond acceptors (Lipinski definition) is 6. The van der Waals surface area contributed by atoms with Gasteiger partial charge in [-0.25, -0.2) is 4.79 Å². The van der Waals surface area contributed by atoms with E-state index < -0.39 is 18.5 Å². The summed E-state index contributed by atoms with van der Waals surface area (Å²) in [6.07, 6.45) is 0. The molecule has 0 saturated heterocycles. The van der Waals surface area contributed by atoms with Crippen molar-refractivity contribution in [2.75, 3.05) is 18.5 Å². The van der Waals surface area contributed by atoms with Crippen LogP contribution in [0.25, 0.3) is 22.2 Å². The monoisotopic (exact) mass is 416 g/mol. The molecule has 0 saturated carbocycles. The third kappa shape index (κ3) is 4.56. The van der Waals surface area contributed by atoms with Gasteiger partial charge >= 0.3 is 5.97 Å². The molecule has 0 aliphatic rings. The lowest BCUT2D eigenvalue weighted by molar-refractivity contribution is -0.119. The Balaban J connectivity index is 1.45. The second-order valence-corrected chi connectivity index (χ2v) is 6.66. The van der Waals surface area contributed by atoms with Crippen LogP contribution in [0.5, 0.6) is 5.75 Å². The SMILES string of the molecule is CCOc1ccccc1NC(=O)COC(=O)c1ccc2noc(-c3ccccc3)c2c1. The summed E-state index contributed by atoms with van der Waals surface area (Å²) in [6.45, 7) is 1.90. The molecule has 0 aliphatic carbocycles. The number of rotatable bonds is 7. The van der Waals surface area contributed by atoms with Crippen LogP contribution in [0.15, 0.2) is 77.3 Å². The zero-order valence-corrected chi connectivity index (χ0v) is 16.8. The van der Waals surface area contributed by atoms with Crippen molar-refractivity contribution in [2.24, 2.45) is 0 Å². The van der Waals surface area contributed by atoms with Crippen molar-refractivity contribution in [3.8, 4) is 17.1 Å². The summed E-state index contributed by atoms with van der Waals surface area (Å²) in [5.41, 5.74) is 2.29. The zero-order valence-electron chi connectivity index (χ0n) is 16.8. The van der Waals surface area contributed by atoms with Gasteiger partial charge < -0.3 is 19.3 Å². The molecule has 4 aromatic rings. The van der Waals surface area contributed by atoms with E-state index in [2.05, 4.69) is 10.5 Å². The molecule has 1 amide bonds. The smallest absolute Gasteiger partial charge is 0.338 e. The summed E-state index contributed by atoms with van der Waals surface area (Å²) in [7, 11) is 0. The van der Waals surface area contributed by atoms with E-state index in [1.807, 2.05) is 43.3 Å². The van der Waals surface area contributed by atoms with E-state index in [1.165, 1.54) is 0 Å². The number of benzene rings is 3. The van der Waals surface area contributed by atoms with Gasteiger partial charge in [0.05, 0.1) is 23.2 Å². The van der Waals surface area contributed by atoms with Gasteiger partial charge in [-0.2, -0.15) is 0 Å². The number of carbonyl (C=O) groups excluding carboxylic acids is 2. The van der Waals surface area contributed by atoms with Gasteiger partial charge in [-0.1, -0.05) is 47.6 Å². The second kappa shape index (κ2) is 9.13. The van der Waals surface area contributed by atoms with Crippen LogP contribution in [-0.2, 0) is 9.53 Å². The minimum absolute atomic E-state index is 0.301. The minimum atomic E-state index is -0.615. The highest BCUT2D eigenvalue weighted by Crippen LogP contribution is 2.29. The van der Waals surface area contributed by atoms with Crippen LogP contribution in [0, 0.1) is 0 Å². The topological polar surface area (TPSA) is 90.7 Å². The van der Waals surface area contributed by atoms with Crippen LogP contribution in [-0.4, -0.2) is 30.2 Å². The first-order valence-corrected chi connectivity index (χ1v) is 9.79. The third-order valence-electron chi connectivity index (χ3n) is 4.54.